The topological polar surface area (TPSA) is 23.6 Å². The summed E-state index contributed by atoms with van der Waals surface area (Å²) in [6, 6.07) is 16.7. The van der Waals surface area contributed by atoms with Crippen LogP contribution < -0.4 is 0 Å². The van der Waals surface area contributed by atoms with Crippen LogP contribution in [0.2, 0.25) is 0 Å². The largest absolute Gasteiger partial charge is 0.337 e. The zero-order chi connectivity index (χ0) is 17.6. The molecular weight excluding hydrogens is 308 g/mol. The van der Waals surface area contributed by atoms with E-state index in [-0.39, 0.29) is 5.91 Å². The summed E-state index contributed by atoms with van der Waals surface area (Å²) < 4.78 is 0. The van der Waals surface area contributed by atoms with Gasteiger partial charge in [0.2, 0.25) is 5.91 Å². The smallest absolute Gasteiger partial charge is 0.246 e. The predicted octanol–water partition coefficient (Wildman–Crippen LogP) is 3.66. The average Bonchev–Trinajstić information content (AvgIpc) is 2.60. The molecule has 1 saturated heterocycles. The normalized spacial score (nSPS) is 15.7. The van der Waals surface area contributed by atoms with Crippen molar-refractivity contribution in [2.45, 2.75) is 20.4 Å². The van der Waals surface area contributed by atoms with Gasteiger partial charge in [0.25, 0.3) is 0 Å². The molecule has 2 aromatic rings. The van der Waals surface area contributed by atoms with Crippen molar-refractivity contribution in [3.05, 3.63) is 76.9 Å². The predicted molar refractivity (Wildman–Crippen MR) is 103 cm³/mol. The Morgan fingerprint density at radius 1 is 0.960 bits per heavy atom. The lowest BCUT2D eigenvalue weighted by Gasteiger charge is -2.34. The van der Waals surface area contributed by atoms with Crippen molar-refractivity contribution in [3.63, 3.8) is 0 Å². The zero-order valence-corrected chi connectivity index (χ0v) is 15.1. The van der Waals surface area contributed by atoms with E-state index in [2.05, 4.69) is 36.9 Å². The summed E-state index contributed by atoms with van der Waals surface area (Å²) in [6.45, 7) is 8.70. The van der Waals surface area contributed by atoms with Crippen LogP contribution in [0.25, 0.3) is 6.08 Å². The number of hydrogen-bond acceptors (Lipinski definition) is 2. The van der Waals surface area contributed by atoms with Crippen molar-refractivity contribution in [3.8, 4) is 0 Å². The van der Waals surface area contributed by atoms with E-state index in [0.717, 1.165) is 38.3 Å². The lowest BCUT2D eigenvalue weighted by Crippen LogP contribution is -2.47. The van der Waals surface area contributed by atoms with Gasteiger partial charge in [-0.15, -0.1) is 0 Å². The quantitative estimate of drug-likeness (QED) is 0.797. The third-order valence-electron chi connectivity index (χ3n) is 4.59. The van der Waals surface area contributed by atoms with Gasteiger partial charge in [0.05, 0.1) is 0 Å². The van der Waals surface area contributed by atoms with Crippen LogP contribution in [0.4, 0.5) is 0 Å². The summed E-state index contributed by atoms with van der Waals surface area (Å²) >= 11 is 0. The first-order valence-electron chi connectivity index (χ1n) is 8.92. The van der Waals surface area contributed by atoms with Crippen molar-refractivity contribution in [2.75, 3.05) is 26.2 Å². The second-order valence-electron chi connectivity index (χ2n) is 6.84. The van der Waals surface area contributed by atoms with E-state index in [1.54, 1.807) is 6.08 Å². The third kappa shape index (κ3) is 5.04. The van der Waals surface area contributed by atoms with Crippen LogP contribution in [0.15, 0.2) is 54.6 Å². The molecule has 25 heavy (non-hydrogen) atoms. The van der Waals surface area contributed by atoms with Crippen molar-refractivity contribution in [2.24, 2.45) is 0 Å². The van der Waals surface area contributed by atoms with Crippen LogP contribution in [0.1, 0.15) is 22.3 Å². The summed E-state index contributed by atoms with van der Waals surface area (Å²) in [5.74, 6) is 0.106. The monoisotopic (exact) mass is 334 g/mol. The molecule has 0 N–H and O–H groups in total. The first-order chi connectivity index (χ1) is 12.1. The summed E-state index contributed by atoms with van der Waals surface area (Å²) in [5.41, 5.74) is 5.05. The average molecular weight is 334 g/mol. The van der Waals surface area contributed by atoms with E-state index in [1.807, 2.05) is 41.3 Å². The third-order valence-corrected chi connectivity index (χ3v) is 4.59. The maximum atomic E-state index is 12.3. The Kier molecular flexibility index (Phi) is 5.67. The van der Waals surface area contributed by atoms with E-state index in [4.69, 9.17) is 0 Å². The van der Waals surface area contributed by atoms with Crippen molar-refractivity contribution in [1.82, 2.24) is 9.80 Å². The molecule has 0 atom stereocenters. The SMILES string of the molecule is Cc1cc(C)cc(CN2CCN(C(=O)/C=C/c3ccccc3)CC2)c1. The molecule has 1 aliphatic heterocycles. The number of carbonyl (C=O) groups excluding carboxylic acids is 1. The van der Waals surface area contributed by atoms with E-state index >= 15 is 0 Å². The van der Waals surface area contributed by atoms with Gasteiger partial charge in [0, 0.05) is 38.8 Å². The highest BCUT2D eigenvalue weighted by molar-refractivity contribution is 5.91. The first-order valence-corrected chi connectivity index (χ1v) is 8.92. The highest BCUT2D eigenvalue weighted by Crippen LogP contribution is 2.13. The standard InChI is InChI=1S/C22H26N2O/c1-18-14-19(2)16-21(15-18)17-23-10-12-24(13-11-23)22(25)9-8-20-6-4-3-5-7-20/h3-9,14-16H,10-13,17H2,1-2H3/b9-8+. The molecule has 0 aromatic heterocycles. The van der Waals surface area contributed by atoms with Gasteiger partial charge in [0.1, 0.15) is 0 Å². The maximum absolute atomic E-state index is 12.3. The maximum Gasteiger partial charge on any atom is 0.246 e. The van der Waals surface area contributed by atoms with Crippen LogP contribution in [-0.4, -0.2) is 41.9 Å². The molecule has 0 aliphatic carbocycles. The van der Waals surface area contributed by atoms with Crippen molar-refractivity contribution >= 4 is 12.0 Å². The number of nitrogens with zero attached hydrogens (tertiary/aromatic N) is 2. The van der Waals surface area contributed by atoms with Gasteiger partial charge in [-0.1, -0.05) is 59.7 Å². The minimum Gasteiger partial charge on any atom is -0.337 e. The Morgan fingerprint density at radius 2 is 1.60 bits per heavy atom. The fourth-order valence-corrected chi connectivity index (χ4v) is 3.38. The molecule has 3 rings (SSSR count). The highest BCUT2D eigenvalue weighted by Gasteiger charge is 2.19. The number of rotatable bonds is 4. The lowest BCUT2D eigenvalue weighted by atomic mass is 10.1. The molecular formula is C22H26N2O. The molecule has 1 fully saturated rings. The second kappa shape index (κ2) is 8.13. The molecule has 1 heterocycles. The molecule has 3 heteroatoms. The van der Waals surface area contributed by atoms with Gasteiger partial charge in [0.15, 0.2) is 0 Å². The summed E-state index contributed by atoms with van der Waals surface area (Å²) in [6.07, 6.45) is 3.58. The summed E-state index contributed by atoms with van der Waals surface area (Å²) in [5, 5.41) is 0. The van der Waals surface area contributed by atoms with Crippen molar-refractivity contribution in [1.29, 1.82) is 0 Å². The minimum atomic E-state index is 0.106. The number of carbonyl (C=O) groups is 1. The first kappa shape index (κ1) is 17.4. The Morgan fingerprint density at radius 3 is 2.24 bits per heavy atom. The van der Waals surface area contributed by atoms with Gasteiger partial charge in [-0.05, 0) is 31.1 Å². The number of hydrogen-bond donors (Lipinski definition) is 0. The molecule has 3 nitrogen and oxygen atoms in total. The van der Waals surface area contributed by atoms with Crippen LogP contribution >= 0.6 is 0 Å². The van der Waals surface area contributed by atoms with Gasteiger partial charge < -0.3 is 4.90 Å². The number of aryl methyl sites for hydroxylation is 2. The molecule has 0 unspecified atom stereocenters. The molecule has 0 bridgehead atoms. The summed E-state index contributed by atoms with van der Waals surface area (Å²) in [7, 11) is 0. The fourth-order valence-electron chi connectivity index (χ4n) is 3.38. The van der Waals surface area contributed by atoms with E-state index < -0.39 is 0 Å². The van der Waals surface area contributed by atoms with Crippen LogP contribution in [0.5, 0.6) is 0 Å². The molecule has 1 aliphatic rings. The van der Waals surface area contributed by atoms with Crippen LogP contribution in [0.3, 0.4) is 0 Å². The van der Waals surface area contributed by atoms with Gasteiger partial charge in [-0.2, -0.15) is 0 Å². The van der Waals surface area contributed by atoms with Crippen LogP contribution in [-0.2, 0) is 11.3 Å². The van der Waals surface area contributed by atoms with E-state index in [9.17, 15) is 4.79 Å². The minimum absolute atomic E-state index is 0.106. The Labute approximate surface area is 150 Å². The Hall–Kier alpha value is -2.39. The van der Waals surface area contributed by atoms with Crippen molar-refractivity contribution < 1.29 is 4.79 Å². The Balaban J connectivity index is 1.51. The fraction of sp³-hybridized carbons (Fsp3) is 0.318. The molecule has 2 aromatic carbocycles. The molecule has 0 saturated carbocycles. The second-order valence-corrected chi connectivity index (χ2v) is 6.84. The summed E-state index contributed by atoms with van der Waals surface area (Å²) in [4.78, 5) is 16.7. The molecule has 0 spiro atoms. The molecule has 0 radical (unpaired) electrons. The zero-order valence-electron chi connectivity index (χ0n) is 15.1. The van der Waals surface area contributed by atoms with E-state index in [0.29, 0.717) is 0 Å². The Bertz CT molecular complexity index is 724. The lowest BCUT2D eigenvalue weighted by molar-refractivity contribution is -0.127. The highest BCUT2D eigenvalue weighted by atomic mass is 16.2. The van der Waals surface area contributed by atoms with Gasteiger partial charge in [-0.3, -0.25) is 9.69 Å². The number of piperazine rings is 1. The number of amides is 1. The number of benzene rings is 2. The van der Waals surface area contributed by atoms with E-state index in [1.165, 1.54) is 16.7 Å². The molecule has 130 valence electrons. The molecule has 1 amide bonds. The van der Waals surface area contributed by atoms with Crippen LogP contribution in [0, 0.1) is 13.8 Å². The van der Waals surface area contributed by atoms with Gasteiger partial charge >= 0.3 is 0 Å². The van der Waals surface area contributed by atoms with Gasteiger partial charge in [-0.25, -0.2) is 0 Å².